The van der Waals surface area contributed by atoms with E-state index in [0.717, 1.165) is 21.7 Å². The standard InChI is InChI=1S/C26H22ClN3O3/c1-16-9-7-14-21(17(16)2)30-25(32)22(27)23(26(30)33)28-19-11-8-10-18(15-19)24(31)29(3)20-12-5-4-6-13-20/h4-15,28H,1-3H3. The molecule has 3 aromatic carbocycles. The average molecular weight is 460 g/mol. The molecule has 1 aliphatic rings. The van der Waals surface area contributed by atoms with Crippen LogP contribution in [0, 0.1) is 13.8 Å². The fourth-order valence-corrected chi connectivity index (χ4v) is 3.86. The highest BCUT2D eigenvalue weighted by Gasteiger charge is 2.39. The smallest absolute Gasteiger partial charge is 0.283 e. The Kier molecular flexibility index (Phi) is 6.03. The van der Waals surface area contributed by atoms with Crippen molar-refractivity contribution in [3.8, 4) is 0 Å². The van der Waals surface area contributed by atoms with Crippen LogP contribution < -0.4 is 15.1 Å². The molecule has 0 aromatic heterocycles. The topological polar surface area (TPSA) is 69.7 Å². The van der Waals surface area contributed by atoms with Crippen LogP contribution >= 0.6 is 11.6 Å². The van der Waals surface area contributed by atoms with E-state index in [1.165, 1.54) is 4.90 Å². The number of carbonyl (C=O) groups excluding carboxylic acids is 3. The highest BCUT2D eigenvalue weighted by Crippen LogP contribution is 2.33. The molecule has 4 rings (SSSR count). The summed E-state index contributed by atoms with van der Waals surface area (Å²) in [6, 6.07) is 21.4. The van der Waals surface area contributed by atoms with Gasteiger partial charge in [-0.25, -0.2) is 4.90 Å². The Labute approximate surface area is 197 Å². The first-order valence-corrected chi connectivity index (χ1v) is 10.7. The van der Waals surface area contributed by atoms with Crippen molar-refractivity contribution in [1.82, 2.24) is 0 Å². The van der Waals surface area contributed by atoms with Crippen molar-refractivity contribution in [3.05, 3.63) is 100 Å². The lowest BCUT2D eigenvalue weighted by Crippen LogP contribution is -2.33. The first-order chi connectivity index (χ1) is 15.8. The maximum absolute atomic E-state index is 13.1. The Balaban J connectivity index is 1.59. The quantitative estimate of drug-likeness (QED) is 0.544. The molecule has 1 N–H and O–H groups in total. The van der Waals surface area contributed by atoms with Gasteiger partial charge in [0.05, 0.1) is 5.69 Å². The van der Waals surface area contributed by atoms with Crippen molar-refractivity contribution >= 4 is 46.4 Å². The Morgan fingerprint density at radius 1 is 0.909 bits per heavy atom. The highest BCUT2D eigenvalue weighted by atomic mass is 35.5. The van der Waals surface area contributed by atoms with E-state index in [4.69, 9.17) is 11.6 Å². The van der Waals surface area contributed by atoms with Gasteiger partial charge in [0.15, 0.2) is 0 Å². The van der Waals surface area contributed by atoms with E-state index in [1.54, 1.807) is 43.4 Å². The first-order valence-electron chi connectivity index (χ1n) is 10.3. The third kappa shape index (κ3) is 4.13. The third-order valence-electron chi connectivity index (χ3n) is 5.67. The number of hydrogen-bond acceptors (Lipinski definition) is 4. The monoisotopic (exact) mass is 459 g/mol. The van der Waals surface area contributed by atoms with E-state index >= 15 is 0 Å². The third-order valence-corrected chi connectivity index (χ3v) is 6.02. The van der Waals surface area contributed by atoms with Gasteiger partial charge in [-0.1, -0.05) is 48.0 Å². The Morgan fingerprint density at radius 3 is 2.33 bits per heavy atom. The molecule has 0 saturated carbocycles. The molecule has 7 heteroatoms. The maximum atomic E-state index is 13.1. The lowest BCUT2D eigenvalue weighted by molar-refractivity contribution is -0.120. The minimum Gasteiger partial charge on any atom is -0.350 e. The fourth-order valence-electron chi connectivity index (χ4n) is 3.64. The maximum Gasteiger partial charge on any atom is 0.283 e. The number of benzene rings is 3. The van der Waals surface area contributed by atoms with Gasteiger partial charge >= 0.3 is 0 Å². The number of nitrogens with one attached hydrogen (secondary N) is 1. The van der Waals surface area contributed by atoms with Gasteiger partial charge in [0, 0.05) is 24.0 Å². The molecule has 0 atom stereocenters. The van der Waals surface area contributed by atoms with Crippen LogP contribution in [-0.2, 0) is 9.59 Å². The van der Waals surface area contributed by atoms with Gasteiger partial charge in [0.1, 0.15) is 10.7 Å². The molecule has 0 saturated heterocycles. The molecule has 33 heavy (non-hydrogen) atoms. The number of anilines is 3. The summed E-state index contributed by atoms with van der Waals surface area (Å²) in [6.07, 6.45) is 0. The molecule has 6 nitrogen and oxygen atoms in total. The van der Waals surface area contributed by atoms with Gasteiger partial charge < -0.3 is 10.2 Å². The van der Waals surface area contributed by atoms with Crippen LogP contribution in [-0.4, -0.2) is 24.8 Å². The van der Waals surface area contributed by atoms with Gasteiger partial charge in [-0.2, -0.15) is 0 Å². The summed E-state index contributed by atoms with van der Waals surface area (Å²) in [5, 5.41) is 2.75. The summed E-state index contributed by atoms with van der Waals surface area (Å²) in [5.74, 6) is -1.35. The number of para-hydroxylation sites is 1. The van der Waals surface area contributed by atoms with E-state index in [2.05, 4.69) is 5.32 Å². The number of hydrogen-bond donors (Lipinski definition) is 1. The number of imide groups is 1. The van der Waals surface area contributed by atoms with Crippen molar-refractivity contribution in [1.29, 1.82) is 0 Å². The zero-order chi connectivity index (χ0) is 23.7. The molecule has 1 aliphatic heterocycles. The van der Waals surface area contributed by atoms with Crippen molar-refractivity contribution in [3.63, 3.8) is 0 Å². The molecule has 3 amide bonds. The summed E-state index contributed by atoms with van der Waals surface area (Å²) in [6.45, 7) is 3.76. The number of aryl methyl sites for hydroxylation is 1. The van der Waals surface area contributed by atoms with Crippen molar-refractivity contribution in [2.45, 2.75) is 13.8 Å². The number of nitrogens with zero attached hydrogens (tertiary/aromatic N) is 2. The normalized spacial score (nSPS) is 13.5. The van der Waals surface area contributed by atoms with Gasteiger partial charge in [-0.3, -0.25) is 14.4 Å². The summed E-state index contributed by atoms with van der Waals surface area (Å²) in [7, 11) is 1.69. The van der Waals surface area contributed by atoms with Crippen LogP contribution in [0.15, 0.2) is 83.5 Å². The minimum atomic E-state index is -0.589. The Morgan fingerprint density at radius 2 is 1.61 bits per heavy atom. The lowest BCUT2D eigenvalue weighted by atomic mass is 10.1. The van der Waals surface area contributed by atoms with Crippen LogP contribution in [0.1, 0.15) is 21.5 Å². The second kappa shape index (κ2) is 8.92. The molecular weight excluding hydrogens is 438 g/mol. The van der Waals surface area contributed by atoms with Gasteiger partial charge in [-0.15, -0.1) is 0 Å². The largest absolute Gasteiger partial charge is 0.350 e. The van der Waals surface area contributed by atoms with E-state index in [-0.39, 0.29) is 16.6 Å². The number of amides is 3. The molecule has 166 valence electrons. The van der Waals surface area contributed by atoms with Crippen LogP contribution in [0.2, 0.25) is 0 Å². The summed E-state index contributed by atoms with van der Waals surface area (Å²) < 4.78 is 0. The number of halogens is 1. The Hall–Kier alpha value is -3.90. The van der Waals surface area contributed by atoms with E-state index in [1.807, 2.05) is 50.2 Å². The van der Waals surface area contributed by atoms with Crippen molar-refractivity contribution < 1.29 is 14.4 Å². The molecule has 0 radical (unpaired) electrons. The fraction of sp³-hybridized carbons (Fsp3) is 0.115. The molecule has 0 spiro atoms. The minimum absolute atomic E-state index is 0.0245. The summed E-state index contributed by atoms with van der Waals surface area (Å²) >= 11 is 6.27. The van der Waals surface area contributed by atoms with Crippen LogP contribution in [0.4, 0.5) is 17.1 Å². The van der Waals surface area contributed by atoms with Crippen molar-refractivity contribution in [2.75, 3.05) is 22.2 Å². The van der Waals surface area contributed by atoms with E-state index in [0.29, 0.717) is 16.9 Å². The van der Waals surface area contributed by atoms with Crippen LogP contribution in [0.25, 0.3) is 0 Å². The van der Waals surface area contributed by atoms with E-state index < -0.39 is 11.8 Å². The molecule has 3 aromatic rings. The Bertz CT molecular complexity index is 1300. The molecule has 0 aliphatic carbocycles. The van der Waals surface area contributed by atoms with Gasteiger partial charge in [0.2, 0.25) is 0 Å². The molecule has 0 bridgehead atoms. The summed E-state index contributed by atoms with van der Waals surface area (Å²) in [4.78, 5) is 41.5. The first kappa shape index (κ1) is 22.3. The van der Waals surface area contributed by atoms with Gasteiger partial charge in [-0.05, 0) is 61.4 Å². The molecule has 1 heterocycles. The lowest BCUT2D eigenvalue weighted by Gasteiger charge is -2.19. The average Bonchev–Trinajstić information content (AvgIpc) is 3.04. The van der Waals surface area contributed by atoms with Crippen molar-refractivity contribution in [2.24, 2.45) is 0 Å². The SMILES string of the molecule is Cc1cccc(N2C(=O)C(Cl)=C(Nc3cccc(C(=O)N(C)c4ccccc4)c3)C2=O)c1C. The molecule has 0 fully saturated rings. The van der Waals surface area contributed by atoms with Crippen LogP contribution in [0.5, 0.6) is 0 Å². The van der Waals surface area contributed by atoms with E-state index in [9.17, 15) is 14.4 Å². The second-order valence-corrected chi connectivity index (χ2v) is 8.14. The highest BCUT2D eigenvalue weighted by molar-refractivity contribution is 6.53. The predicted molar refractivity (Wildman–Crippen MR) is 131 cm³/mol. The number of carbonyl (C=O) groups is 3. The number of rotatable bonds is 5. The predicted octanol–water partition coefficient (Wildman–Crippen LogP) is 5.02. The second-order valence-electron chi connectivity index (χ2n) is 7.76. The molecular formula is C26H22ClN3O3. The summed E-state index contributed by atoms with van der Waals surface area (Å²) in [5.41, 5.74) is 3.90. The zero-order valence-electron chi connectivity index (χ0n) is 18.4. The van der Waals surface area contributed by atoms with Crippen LogP contribution in [0.3, 0.4) is 0 Å². The molecule has 0 unspecified atom stereocenters. The van der Waals surface area contributed by atoms with Gasteiger partial charge in [0.25, 0.3) is 17.7 Å². The zero-order valence-corrected chi connectivity index (χ0v) is 19.2.